The van der Waals surface area contributed by atoms with Gasteiger partial charge in [0.2, 0.25) is 0 Å². The number of benzene rings is 1. The van der Waals surface area contributed by atoms with Crippen LogP contribution in [0.5, 0.6) is 0 Å². The van der Waals surface area contributed by atoms with Crippen LogP contribution in [0.15, 0.2) is 24.3 Å². The van der Waals surface area contributed by atoms with Crippen LogP contribution in [-0.2, 0) is 0 Å². The minimum absolute atomic E-state index is 0.370. The number of anilines is 1. The van der Waals surface area contributed by atoms with Crippen molar-refractivity contribution in [1.82, 2.24) is 0 Å². The van der Waals surface area contributed by atoms with E-state index in [0.29, 0.717) is 0 Å². The number of rotatable bonds is 4. The van der Waals surface area contributed by atoms with Gasteiger partial charge in [0, 0.05) is 18.3 Å². The van der Waals surface area contributed by atoms with E-state index in [2.05, 4.69) is 24.0 Å². The Morgan fingerprint density at radius 2 is 1.82 bits per heavy atom. The van der Waals surface area contributed by atoms with Crippen molar-refractivity contribution in [3.05, 3.63) is 29.8 Å². The first-order valence-corrected chi connectivity index (χ1v) is 6.77. The second-order valence-electron chi connectivity index (χ2n) is 4.99. The smallest absolute Gasteiger partial charge is 0.0761 e. The third kappa shape index (κ3) is 2.81. The molecule has 1 N–H and O–H groups in total. The van der Waals surface area contributed by atoms with Crippen LogP contribution in [0, 0.1) is 0 Å². The lowest BCUT2D eigenvalue weighted by atomic mass is 10.1. The van der Waals surface area contributed by atoms with Crippen molar-refractivity contribution in [2.45, 2.75) is 51.7 Å². The zero-order valence-electron chi connectivity index (χ0n) is 10.9. The van der Waals surface area contributed by atoms with E-state index in [1.807, 2.05) is 19.1 Å². The molecule has 2 nitrogen and oxygen atoms in total. The molecule has 2 heteroatoms. The highest BCUT2D eigenvalue weighted by Gasteiger charge is 2.21. The van der Waals surface area contributed by atoms with Crippen molar-refractivity contribution < 1.29 is 5.11 Å². The maximum Gasteiger partial charge on any atom is 0.0761 e. The SMILES string of the molecule is CCN(c1ccc([C@H](C)O)cc1)C1CCCC1. The average Bonchev–Trinajstić information content (AvgIpc) is 2.84. The summed E-state index contributed by atoms with van der Waals surface area (Å²) in [6, 6.07) is 9.08. The quantitative estimate of drug-likeness (QED) is 0.860. The molecule has 1 aromatic carbocycles. The van der Waals surface area contributed by atoms with E-state index < -0.39 is 0 Å². The highest BCUT2D eigenvalue weighted by Crippen LogP contribution is 2.28. The van der Waals surface area contributed by atoms with Gasteiger partial charge in [0.15, 0.2) is 0 Å². The maximum absolute atomic E-state index is 9.51. The lowest BCUT2D eigenvalue weighted by Crippen LogP contribution is -2.32. The van der Waals surface area contributed by atoms with Gasteiger partial charge in [-0.05, 0) is 44.4 Å². The van der Waals surface area contributed by atoms with E-state index in [1.165, 1.54) is 31.4 Å². The summed E-state index contributed by atoms with van der Waals surface area (Å²) in [4.78, 5) is 2.50. The number of hydrogen-bond donors (Lipinski definition) is 1. The molecule has 0 radical (unpaired) electrons. The molecule has 2 rings (SSSR count). The second-order valence-corrected chi connectivity index (χ2v) is 4.99. The fourth-order valence-electron chi connectivity index (χ4n) is 2.81. The van der Waals surface area contributed by atoms with E-state index in [-0.39, 0.29) is 6.10 Å². The highest BCUT2D eigenvalue weighted by molar-refractivity contribution is 5.49. The lowest BCUT2D eigenvalue weighted by molar-refractivity contribution is 0.199. The topological polar surface area (TPSA) is 23.5 Å². The molecule has 1 aliphatic rings. The van der Waals surface area contributed by atoms with E-state index in [4.69, 9.17) is 0 Å². The number of nitrogens with zero attached hydrogens (tertiary/aromatic N) is 1. The predicted molar refractivity (Wildman–Crippen MR) is 72.4 cm³/mol. The van der Waals surface area contributed by atoms with Gasteiger partial charge in [0.25, 0.3) is 0 Å². The van der Waals surface area contributed by atoms with Crippen LogP contribution in [0.3, 0.4) is 0 Å². The first kappa shape index (κ1) is 12.4. The van der Waals surface area contributed by atoms with Crippen molar-refractivity contribution in [3.8, 4) is 0 Å². The minimum atomic E-state index is -0.370. The summed E-state index contributed by atoms with van der Waals surface area (Å²) in [5.41, 5.74) is 2.29. The normalized spacial score (nSPS) is 18.3. The van der Waals surface area contributed by atoms with Crippen LogP contribution in [0.4, 0.5) is 5.69 Å². The third-order valence-corrected chi connectivity index (χ3v) is 3.81. The van der Waals surface area contributed by atoms with Crippen molar-refractivity contribution in [1.29, 1.82) is 0 Å². The molecule has 0 spiro atoms. The van der Waals surface area contributed by atoms with E-state index in [1.54, 1.807) is 0 Å². The summed E-state index contributed by atoms with van der Waals surface area (Å²) >= 11 is 0. The van der Waals surface area contributed by atoms with Gasteiger partial charge < -0.3 is 10.0 Å². The molecule has 1 aliphatic carbocycles. The van der Waals surface area contributed by atoms with Crippen molar-refractivity contribution in [2.24, 2.45) is 0 Å². The van der Waals surface area contributed by atoms with Crippen LogP contribution in [0.2, 0.25) is 0 Å². The van der Waals surface area contributed by atoms with Gasteiger partial charge in [0.1, 0.15) is 0 Å². The number of aliphatic hydroxyl groups excluding tert-OH is 1. The molecule has 1 saturated carbocycles. The van der Waals surface area contributed by atoms with Crippen LogP contribution in [0.25, 0.3) is 0 Å². The molecule has 1 atom stereocenters. The summed E-state index contributed by atoms with van der Waals surface area (Å²) in [5, 5.41) is 9.51. The molecule has 0 saturated heterocycles. The Bertz CT molecular complexity index is 338. The molecular formula is C15H23NO. The molecule has 94 valence electrons. The molecule has 0 amide bonds. The molecule has 1 fully saturated rings. The fraction of sp³-hybridized carbons (Fsp3) is 0.600. The standard InChI is InChI=1S/C15H23NO/c1-3-16(14-6-4-5-7-14)15-10-8-13(9-11-15)12(2)17/h8-12,14,17H,3-7H2,1-2H3/t12-/m0/s1. The summed E-state index contributed by atoms with van der Waals surface area (Å²) in [7, 11) is 0. The Hall–Kier alpha value is -1.02. The average molecular weight is 233 g/mol. The van der Waals surface area contributed by atoms with Crippen molar-refractivity contribution in [2.75, 3.05) is 11.4 Å². The summed E-state index contributed by atoms with van der Waals surface area (Å²) in [5.74, 6) is 0. The fourth-order valence-corrected chi connectivity index (χ4v) is 2.81. The highest BCUT2D eigenvalue weighted by atomic mass is 16.3. The van der Waals surface area contributed by atoms with Gasteiger partial charge in [-0.2, -0.15) is 0 Å². The zero-order chi connectivity index (χ0) is 12.3. The van der Waals surface area contributed by atoms with E-state index in [9.17, 15) is 5.11 Å². The Kier molecular flexibility index (Phi) is 4.06. The number of hydrogen-bond acceptors (Lipinski definition) is 2. The van der Waals surface area contributed by atoms with Crippen LogP contribution < -0.4 is 4.90 Å². The Balaban J connectivity index is 2.13. The summed E-state index contributed by atoms with van der Waals surface area (Å²) in [6.45, 7) is 5.10. The molecule has 0 heterocycles. The van der Waals surface area contributed by atoms with Gasteiger partial charge in [-0.25, -0.2) is 0 Å². The van der Waals surface area contributed by atoms with Gasteiger partial charge in [-0.15, -0.1) is 0 Å². The van der Waals surface area contributed by atoms with E-state index >= 15 is 0 Å². The summed E-state index contributed by atoms with van der Waals surface area (Å²) in [6.07, 6.45) is 5.02. The Morgan fingerprint density at radius 3 is 2.29 bits per heavy atom. The van der Waals surface area contributed by atoms with Gasteiger partial charge in [0.05, 0.1) is 6.10 Å². The molecule has 0 unspecified atom stereocenters. The monoisotopic (exact) mass is 233 g/mol. The molecule has 0 aromatic heterocycles. The Labute approximate surface area is 104 Å². The molecule has 17 heavy (non-hydrogen) atoms. The van der Waals surface area contributed by atoms with Gasteiger partial charge >= 0.3 is 0 Å². The Morgan fingerprint density at radius 1 is 1.24 bits per heavy atom. The molecular weight excluding hydrogens is 210 g/mol. The first-order valence-electron chi connectivity index (χ1n) is 6.77. The number of aliphatic hydroxyl groups is 1. The van der Waals surface area contributed by atoms with Crippen LogP contribution >= 0.6 is 0 Å². The van der Waals surface area contributed by atoms with Crippen molar-refractivity contribution in [3.63, 3.8) is 0 Å². The summed E-state index contributed by atoms with van der Waals surface area (Å²) < 4.78 is 0. The van der Waals surface area contributed by atoms with Crippen LogP contribution in [0.1, 0.15) is 51.2 Å². The molecule has 1 aromatic rings. The zero-order valence-corrected chi connectivity index (χ0v) is 10.9. The minimum Gasteiger partial charge on any atom is -0.389 e. The molecule has 0 aliphatic heterocycles. The third-order valence-electron chi connectivity index (χ3n) is 3.81. The largest absolute Gasteiger partial charge is 0.389 e. The lowest BCUT2D eigenvalue weighted by Gasteiger charge is -2.30. The second kappa shape index (κ2) is 5.54. The van der Waals surface area contributed by atoms with Crippen molar-refractivity contribution >= 4 is 5.69 Å². The maximum atomic E-state index is 9.51. The van der Waals surface area contributed by atoms with Gasteiger partial charge in [-0.3, -0.25) is 0 Å². The molecule has 0 bridgehead atoms. The predicted octanol–water partition coefficient (Wildman–Crippen LogP) is 3.51. The van der Waals surface area contributed by atoms with Gasteiger partial charge in [-0.1, -0.05) is 25.0 Å². The van der Waals surface area contributed by atoms with E-state index in [0.717, 1.165) is 18.2 Å². The first-order chi connectivity index (χ1) is 8.22. The van der Waals surface area contributed by atoms with Crippen LogP contribution in [-0.4, -0.2) is 17.7 Å².